The van der Waals surface area contributed by atoms with Gasteiger partial charge in [-0.2, -0.15) is 0 Å². The van der Waals surface area contributed by atoms with Crippen LogP contribution in [-0.4, -0.2) is 42.4 Å². The maximum Gasteiger partial charge on any atom is 0.106 e. The normalized spacial score (nSPS) is 22.5. The van der Waals surface area contributed by atoms with Crippen LogP contribution in [0.4, 0.5) is 0 Å². The summed E-state index contributed by atoms with van der Waals surface area (Å²) in [5.74, 6) is 0. The molecule has 0 spiro atoms. The Morgan fingerprint density at radius 2 is 1.93 bits per heavy atom. The second-order valence-electron chi connectivity index (χ2n) is 7.07. The van der Waals surface area contributed by atoms with Crippen molar-refractivity contribution in [2.75, 3.05) is 13.7 Å². The van der Waals surface area contributed by atoms with Crippen LogP contribution < -0.4 is 0 Å². The Hall–Kier alpha value is -1.92. The van der Waals surface area contributed by atoms with Gasteiger partial charge in [0, 0.05) is 30.5 Å². The van der Waals surface area contributed by atoms with Crippen LogP contribution in [0.1, 0.15) is 41.2 Å². The number of rotatable bonds is 7. The van der Waals surface area contributed by atoms with Crippen molar-refractivity contribution in [3.05, 3.63) is 69.7 Å². The fourth-order valence-corrected chi connectivity index (χ4v) is 3.67. The van der Waals surface area contributed by atoms with Gasteiger partial charge in [0.1, 0.15) is 7.11 Å². The third kappa shape index (κ3) is 5.55. The monoisotopic (exact) mass is 403 g/mol. The average molecular weight is 404 g/mol. The van der Waals surface area contributed by atoms with Crippen LogP contribution in [0, 0.1) is 0 Å². The van der Waals surface area contributed by atoms with Crippen LogP contribution in [0.5, 0.6) is 0 Å². The topological polar surface area (TPSA) is 71.3 Å². The summed E-state index contributed by atoms with van der Waals surface area (Å²) >= 11 is 6.42. The van der Waals surface area contributed by atoms with Gasteiger partial charge in [-0.05, 0) is 34.7 Å². The largest absolute Gasteiger partial charge is 0.399 e. The number of hydrogen-bond acceptors (Lipinski definition) is 5. The molecular formula is C22H26ClNO4. The first-order chi connectivity index (χ1) is 13.6. The zero-order valence-corrected chi connectivity index (χ0v) is 16.7. The highest BCUT2D eigenvalue weighted by Crippen LogP contribution is 2.33. The van der Waals surface area contributed by atoms with E-state index in [2.05, 4.69) is 34.3 Å². The summed E-state index contributed by atoms with van der Waals surface area (Å²) in [5.41, 5.74) is 4.30. The van der Waals surface area contributed by atoms with E-state index in [1.807, 2.05) is 18.2 Å². The van der Waals surface area contributed by atoms with Crippen molar-refractivity contribution in [1.29, 1.82) is 0 Å². The smallest absolute Gasteiger partial charge is 0.106 e. The maximum absolute atomic E-state index is 10.1. The Morgan fingerprint density at radius 3 is 2.64 bits per heavy atom. The summed E-state index contributed by atoms with van der Waals surface area (Å²) in [6.07, 6.45) is 3.11. The van der Waals surface area contributed by atoms with Gasteiger partial charge >= 0.3 is 0 Å². The molecule has 1 heterocycles. The zero-order valence-electron chi connectivity index (χ0n) is 15.9. The van der Waals surface area contributed by atoms with Crippen LogP contribution in [0.3, 0.4) is 0 Å². The minimum Gasteiger partial charge on any atom is -0.399 e. The quantitative estimate of drug-likeness (QED) is 0.546. The maximum atomic E-state index is 10.1. The van der Waals surface area contributed by atoms with Crippen molar-refractivity contribution in [3.63, 3.8) is 0 Å². The first-order valence-corrected chi connectivity index (χ1v) is 9.82. The highest BCUT2D eigenvalue weighted by atomic mass is 35.5. The number of benzene rings is 2. The lowest BCUT2D eigenvalue weighted by Crippen LogP contribution is -2.33. The molecule has 0 radical (unpaired) electrons. The van der Waals surface area contributed by atoms with Gasteiger partial charge in [-0.1, -0.05) is 53.2 Å². The molecule has 3 unspecified atom stereocenters. The fourth-order valence-electron chi connectivity index (χ4n) is 3.48. The molecule has 0 amide bonds. The van der Waals surface area contributed by atoms with Gasteiger partial charge < -0.3 is 19.8 Å². The van der Waals surface area contributed by atoms with E-state index in [0.29, 0.717) is 24.3 Å². The molecule has 2 N–H and O–H groups in total. The standard InChI is InChI=1S/C22H26ClNO4/c1-27-24-9-8-15-2-4-16(5-3-15)10-18-11-17(6-7-21(18)23)22-13-19(26)12-20(14-25)28-22/h2-7,9,11,19-20,22,25-26H,8,10,12-14H2,1H3/b24-9+. The number of oxime groups is 1. The number of aliphatic hydroxyl groups excluding tert-OH is 2. The molecule has 5 nitrogen and oxygen atoms in total. The fraction of sp³-hybridized carbons (Fsp3) is 0.409. The lowest BCUT2D eigenvalue weighted by atomic mass is 9.94. The van der Waals surface area contributed by atoms with Crippen LogP contribution in [-0.2, 0) is 22.4 Å². The van der Waals surface area contributed by atoms with Gasteiger partial charge in [0.25, 0.3) is 0 Å². The highest BCUT2D eigenvalue weighted by Gasteiger charge is 2.29. The van der Waals surface area contributed by atoms with Gasteiger partial charge in [-0.25, -0.2) is 0 Å². The zero-order chi connectivity index (χ0) is 19.9. The summed E-state index contributed by atoms with van der Waals surface area (Å²) in [7, 11) is 1.53. The highest BCUT2D eigenvalue weighted by molar-refractivity contribution is 6.31. The molecule has 2 aromatic rings. The van der Waals surface area contributed by atoms with Crippen molar-refractivity contribution < 1.29 is 19.8 Å². The van der Waals surface area contributed by atoms with Gasteiger partial charge in [-0.3, -0.25) is 0 Å². The molecule has 0 aromatic heterocycles. The lowest BCUT2D eigenvalue weighted by molar-refractivity contribution is -0.113. The number of nitrogens with zero attached hydrogens (tertiary/aromatic N) is 1. The molecule has 150 valence electrons. The Kier molecular flexibility index (Phi) is 7.45. The van der Waals surface area contributed by atoms with Gasteiger partial charge in [0.15, 0.2) is 0 Å². The van der Waals surface area contributed by atoms with Crippen LogP contribution in [0.25, 0.3) is 0 Å². The molecule has 1 saturated heterocycles. The minimum atomic E-state index is -0.468. The van der Waals surface area contributed by atoms with E-state index in [9.17, 15) is 10.2 Å². The van der Waals surface area contributed by atoms with Crippen molar-refractivity contribution >= 4 is 17.8 Å². The van der Waals surface area contributed by atoms with Crippen LogP contribution in [0.15, 0.2) is 47.6 Å². The van der Waals surface area contributed by atoms with E-state index in [0.717, 1.165) is 28.7 Å². The second kappa shape index (κ2) is 10.0. The Labute approximate surface area is 170 Å². The first-order valence-electron chi connectivity index (χ1n) is 9.44. The van der Waals surface area contributed by atoms with Crippen molar-refractivity contribution in [3.8, 4) is 0 Å². The molecule has 6 heteroatoms. The van der Waals surface area contributed by atoms with E-state index in [1.165, 1.54) is 7.11 Å². The van der Waals surface area contributed by atoms with E-state index in [1.54, 1.807) is 6.21 Å². The van der Waals surface area contributed by atoms with Crippen LogP contribution >= 0.6 is 11.6 Å². The average Bonchev–Trinajstić information content (AvgIpc) is 2.70. The van der Waals surface area contributed by atoms with E-state index in [4.69, 9.17) is 16.3 Å². The van der Waals surface area contributed by atoms with Gasteiger partial charge in [-0.15, -0.1) is 0 Å². The molecule has 3 atom stereocenters. The van der Waals surface area contributed by atoms with Crippen molar-refractivity contribution in [1.82, 2.24) is 0 Å². The first kappa shape index (κ1) is 20.8. The summed E-state index contributed by atoms with van der Waals surface area (Å²) in [5, 5.41) is 23.9. The number of ether oxygens (including phenoxy) is 1. The molecule has 1 aliphatic heterocycles. The molecule has 1 aliphatic rings. The Morgan fingerprint density at radius 1 is 1.18 bits per heavy atom. The molecule has 0 aliphatic carbocycles. The number of hydrogen-bond donors (Lipinski definition) is 2. The second-order valence-corrected chi connectivity index (χ2v) is 7.48. The summed E-state index contributed by atoms with van der Waals surface area (Å²) in [6, 6.07) is 14.2. The van der Waals surface area contributed by atoms with Gasteiger partial charge in [0.2, 0.25) is 0 Å². The molecular weight excluding hydrogens is 378 g/mol. The predicted octanol–water partition coefficient (Wildman–Crippen LogP) is 3.68. The lowest BCUT2D eigenvalue weighted by Gasteiger charge is -2.32. The minimum absolute atomic E-state index is 0.0879. The summed E-state index contributed by atoms with van der Waals surface area (Å²) in [4.78, 5) is 4.68. The molecule has 0 bridgehead atoms. The van der Waals surface area contributed by atoms with Crippen LogP contribution in [0.2, 0.25) is 5.02 Å². The predicted molar refractivity (Wildman–Crippen MR) is 110 cm³/mol. The van der Waals surface area contributed by atoms with E-state index in [-0.39, 0.29) is 18.8 Å². The molecule has 3 rings (SSSR count). The molecule has 2 aromatic carbocycles. The third-order valence-corrected chi connectivity index (χ3v) is 5.32. The number of aliphatic hydroxyl groups is 2. The summed E-state index contributed by atoms with van der Waals surface area (Å²) < 4.78 is 5.92. The number of halogens is 1. The van der Waals surface area contributed by atoms with Crippen molar-refractivity contribution in [2.24, 2.45) is 5.16 Å². The summed E-state index contributed by atoms with van der Waals surface area (Å²) in [6.45, 7) is -0.0879. The van der Waals surface area contributed by atoms with Crippen molar-refractivity contribution in [2.45, 2.75) is 44.0 Å². The molecule has 1 fully saturated rings. The Bertz CT molecular complexity index is 794. The third-order valence-electron chi connectivity index (χ3n) is 4.95. The molecule has 0 saturated carbocycles. The van der Waals surface area contributed by atoms with E-state index >= 15 is 0 Å². The van der Waals surface area contributed by atoms with Gasteiger partial charge in [0.05, 0.1) is 24.9 Å². The molecule has 28 heavy (non-hydrogen) atoms. The Balaban J connectivity index is 1.72. The van der Waals surface area contributed by atoms with E-state index < -0.39 is 6.10 Å². The SMILES string of the molecule is CO/N=C/Cc1ccc(Cc2cc(C3CC(O)CC(CO)O3)ccc2Cl)cc1.